The summed E-state index contributed by atoms with van der Waals surface area (Å²) in [5.41, 5.74) is 3.62. The highest BCUT2D eigenvalue weighted by molar-refractivity contribution is 5.95. The van der Waals surface area contributed by atoms with Gasteiger partial charge in [0.15, 0.2) is 0 Å². The minimum Gasteiger partial charge on any atom is -0.444 e. The molecule has 7 nitrogen and oxygen atoms in total. The number of hydrogen-bond acceptors (Lipinski definition) is 6. The summed E-state index contributed by atoms with van der Waals surface area (Å²) in [5.74, 6) is 0.788. The van der Waals surface area contributed by atoms with E-state index in [-0.39, 0.29) is 12.0 Å². The van der Waals surface area contributed by atoms with E-state index >= 15 is 0 Å². The van der Waals surface area contributed by atoms with Gasteiger partial charge in [-0.05, 0) is 58.1 Å². The Hall–Kier alpha value is -2.70. The SMILES string of the molecule is CC(C)(C)OC(=O)NCCCN1CC(c2cnc3ccccc3n2)C(C2CC2)=N1. The molecule has 1 amide bonds. The lowest BCUT2D eigenvalue weighted by Crippen LogP contribution is -2.34. The summed E-state index contributed by atoms with van der Waals surface area (Å²) in [7, 11) is 0. The predicted molar refractivity (Wildman–Crippen MR) is 113 cm³/mol. The van der Waals surface area contributed by atoms with E-state index in [0.29, 0.717) is 12.5 Å². The third-order valence-electron chi connectivity index (χ3n) is 5.09. The van der Waals surface area contributed by atoms with Gasteiger partial charge in [-0.2, -0.15) is 5.10 Å². The quantitative estimate of drug-likeness (QED) is 0.754. The van der Waals surface area contributed by atoms with Gasteiger partial charge in [0.25, 0.3) is 0 Å². The second-order valence-electron chi connectivity index (χ2n) is 8.83. The standard InChI is InChI=1S/C22H29N5O2/c1-22(2,3)29-21(28)23-11-6-12-27-14-16(20(26-27)15-9-10-15)19-13-24-17-7-4-5-8-18(17)25-19/h4-5,7-8,13,15-16H,6,9-12,14H2,1-3H3,(H,23,28). The van der Waals surface area contributed by atoms with Crippen molar-refractivity contribution in [1.82, 2.24) is 20.3 Å². The van der Waals surface area contributed by atoms with Crippen LogP contribution in [0.4, 0.5) is 4.79 Å². The first-order chi connectivity index (χ1) is 13.9. The summed E-state index contributed by atoms with van der Waals surface area (Å²) in [4.78, 5) is 21.2. The van der Waals surface area contributed by atoms with E-state index < -0.39 is 5.60 Å². The van der Waals surface area contributed by atoms with Crippen LogP contribution in [0.15, 0.2) is 35.6 Å². The van der Waals surface area contributed by atoms with Gasteiger partial charge in [0.2, 0.25) is 0 Å². The Labute approximate surface area is 171 Å². The number of nitrogens with one attached hydrogen (secondary N) is 1. The molecule has 2 heterocycles. The van der Waals surface area contributed by atoms with Gasteiger partial charge >= 0.3 is 6.09 Å². The minimum absolute atomic E-state index is 0.207. The molecule has 1 N–H and O–H groups in total. The summed E-state index contributed by atoms with van der Waals surface area (Å²) in [6, 6.07) is 7.97. The van der Waals surface area contributed by atoms with Crippen LogP contribution in [0.2, 0.25) is 0 Å². The van der Waals surface area contributed by atoms with Gasteiger partial charge in [-0.3, -0.25) is 9.99 Å². The average Bonchev–Trinajstić information content (AvgIpc) is 3.43. The molecular formula is C22H29N5O2. The van der Waals surface area contributed by atoms with Crippen LogP contribution in [0, 0.1) is 5.92 Å². The number of amides is 1. The van der Waals surface area contributed by atoms with Gasteiger partial charge in [-0.15, -0.1) is 0 Å². The summed E-state index contributed by atoms with van der Waals surface area (Å²) in [5, 5.41) is 9.83. The molecule has 1 aromatic carbocycles. The minimum atomic E-state index is -0.476. The van der Waals surface area contributed by atoms with E-state index in [1.54, 1.807) is 0 Å². The number of para-hydroxylation sites is 2. The van der Waals surface area contributed by atoms with Crippen molar-refractivity contribution in [2.24, 2.45) is 11.0 Å². The fraction of sp³-hybridized carbons (Fsp3) is 0.545. The van der Waals surface area contributed by atoms with Crippen LogP contribution in [0.5, 0.6) is 0 Å². The molecule has 1 saturated carbocycles. The van der Waals surface area contributed by atoms with Crippen molar-refractivity contribution in [3.05, 3.63) is 36.2 Å². The summed E-state index contributed by atoms with van der Waals surface area (Å²) < 4.78 is 5.27. The summed E-state index contributed by atoms with van der Waals surface area (Å²) in [6.07, 6.45) is 4.77. The maximum Gasteiger partial charge on any atom is 0.407 e. The van der Waals surface area contributed by atoms with Gasteiger partial charge < -0.3 is 10.1 Å². The molecule has 1 atom stereocenters. The van der Waals surface area contributed by atoms with Gasteiger partial charge in [-0.25, -0.2) is 9.78 Å². The molecule has 7 heteroatoms. The molecule has 0 saturated heterocycles. The largest absolute Gasteiger partial charge is 0.444 e. The number of rotatable bonds is 6. The molecule has 1 unspecified atom stereocenters. The normalized spacial score (nSPS) is 19.3. The number of carbonyl (C=O) groups excluding carboxylic acids is 1. The number of hydrazone groups is 1. The first-order valence-corrected chi connectivity index (χ1v) is 10.4. The number of carbonyl (C=O) groups is 1. The van der Waals surface area contributed by atoms with E-state index in [4.69, 9.17) is 14.8 Å². The number of hydrogen-bond donors (Lipinski definition) is 1. The lowest BCUT2D eigenvalue weighted by Gasteiger charge is -2.20. The van der Waals surface area contributed by atoms with Crippen LogP contribution >= 0.6 is 0 Å². The monoisotopic (exact) mass is 395 g/mol. The van der Waals surface area contributed by atoms with E-state index in [1.807, 2.05) is 51.2 Å². The second-order valence-corrected chi connectivity index (χ2v) is 8.83. The van der Waals surface area contributed by atoms with Crippen LogP contribution in [0.25, 0.3) is 11.0 Å². The van der Waals surface area contributed by atoms with Crippen LogP contribution in [-0.2, 0) is 4.74 Å². The number of nitrogens with zero attached hydrogens (tertiary/aromatic N) is 4. The molecule has 0 bridgehead atoms. The van der Waals surface area contributed by atoms with Crippen molar-refractivity contribution in [3.63, 3.8) is 0 Å². The Bertz CT molecular complexity index is 917. The van der Waals surface area contributed by atoms with E-state index in [1.165, 1.54) is 18.6 Å². The van der Waals surface area contributed by atoms with Gasteiger partial charge in [0, 0.05) is 25.8 Å². The highest BCUT2D eigenvalue weighted by Gasteiger charge is 2.39. The third-order valence-corrected chi connectivity index (χ3v) is 5.09. The number of fused-ring (bicyclic) bond motifs is 1. The van der Waals surface area contributed by atoms with Gasteiger partial charge in [0.1, 0.15) is 5.60 Å². The number of benzene rings is 1. The maximum absolute atomic E-state index is 11.8. The molecule has 154 valence electrons. The molecule has 1 aromatic heterocycles. The Morgan fingerprint density at radius 2 is 2.00 bits per heavy atom. The molecule has 1 fully saturated rings. The molecule has 0 spiro atoms. The highest BCUT2D eigenvalue weighted by Crippen LogP contribution is 2.39. The van der Waals surface area contributed by atoms with Crippen molar-refractivity contribution >= 4 is 22.8 Å². The van der Waals surface area contributed by atoms with Crippen molar-refractivity contribution < 1.29 is 9.53 Å². The number of alkyl carbamates (subject to hydrolysis) is 1. The highest BCUT2D eigenvalue weighted by atomic mass is 16.6. The zero-order valence-corrected chi connectivity index (χ0v) is 17.4. The predicted octanol–water partition coefficient (Wildman–Crippen LogP) is 3.71. The third kappa shape index (κ3) is 5.02. The second kappa shape index (κ2) is 7.97. The fourth-order valence-electron chi connectivity index (χ4n) is 3.62. The topological polar surface area (TPSA) is 79.7 Å². The molecule has 2 aromatic rings. The zero-order chi connectivity index (χ0) is 20.4. The first-order valence-electron chi connectivity index (χ1n) is 10.4. The molecule has 4 rings (SSSR count). The Morgan fingerprint density at radius 1 is 1.24 bits per heavy atom. The van der Waals surface area contributed by atoms with Crippen LogP contribution < -0.4 is 5.32 Å². The van der Waals surface area contributed by atoms with Crippen LogP contribution in [-0.4, -0.2) is 52.0 Å². The summed E-state index contributed by atoms with van der Waals surface area (Å²) in [6.45, 7) is 7.78. The maximum atomic E-state index is 11.8. The fourth-order valence-corrected chi connectivity index (χ4v) is 3.62. The van der Waals surface area contributed by atoms with Crippen LogP contribution in [0.3, 0.4) is 0 Å². The van der Waals surface area contributed by atoms with E-state index in [0.717, 1.165) is 36.2 Å². The average molecular weight is 396 g/mol. The van der Waals surface area contributed by atoms with Crippen molar-refractivity contribution in [2.45, 2.75) is 51.6 Å². The molecule has 0 radical (unpaired) electrons. The zero-order valence-electron chi connectivity index (χ0n) is 17.4. The molecule has 1 aliphatic heterocycles. The first kappa shape index (κ1) is 19.6. The molecule has 29 heavy (non-hydrogen) atoms. The van der Waals surface area contributed by atoms with Gasteiger partial charge in [-0.1, -0.05) is 12.1 Å². The van der Waals surface area contributed by atoms with Crippen LogP contribution in [0.1, 0.15) is 51.6 Å². The Balaban J connectivity index is 1.35. The lowest BCUT2D eigenvalue weighted by atomic mass is 9.97. The van der Waals surface area contributed by atoms with E-state index in [2.05, 4.69) is 15.3 Å². The summed E-state index contributed by atoms with van der Waals surface area (Å²) >= 11 is 0. The molecule has 2 aliphatic rings. The van der Waals surface area contributed by atoms with E-state index in [9.17, 15) is 4.79 Å². The number of ether oxygens (including phenoxy) is 1. The van der Waals surface area contributed by atoms with Crippen molar-refractivity contribution in [1.29, 1.82) is 0 Å². The van der Waals surface area contributed by atoms with Crippen molar-refractivity contribution in [2.75, 3.05) is 19.6 Å². The van der Waals surface area contributed by atoms with Crippen molar-refractivity contribution in [3.8, 4) is 0 Å². The lowest BCUT2D eigenvalue weighted by molar-refractivity contribution is 0.0526. The Morgan fingerprint density at radius 3 is 2.72 bits per heavy atom. The molecule has 1 aliphatic carbocycles. The van der Waals surface area contributed by atoms with Gasteiger partial charge in [0.05, 0.1) is 28.4 Å². The Kier molecular flexibility index (Phi) is 5.39. The number of aromatic nitrogens is 2. The smallest absolute Gasteiger partial charge is 0.407 e. The molecular weight excluding hydrogens is 366 g/mol.